The molecule has 2 N–H and O–H groups in total. The Kier molecular flexibility index (Phi) is 5.40. The molecule has 2 amide bonds. The van der Waals surface area contributed by atoms with Gasteiger partial charge in [0.15, 0.2) is 4.96 Å². The summed E-state index contributed by atoms with van der Waals surface area (Å²) in [5.41, 5.74) is 1.58. The molecule has 2 heterocycles. The van der Waals surface area contributed by atoms with Crippen molar-refractivity contribution in [2.45, 2.75) is 19.6 Å². The number of nitrogens with one attached hydrogen (secondary N) is 2. The first-order valence-corrected chi connectivity index (χ1v) is 9.98. The lowest BCUT2D eigenvalue weighted by Gasteiger charge is -2.10. The third-order valence-electron chi connectivity index (χ3n) is 4.65. The molecule has 4 rings (SSSR count). The zero-order valence-electron chi connectivity index (χ0n) is 16.1. The minimum atomic E-state index is -4.48. The highest BCUT2D eigenvalue weighted by Gasteiger charge is 2.30. The van der Waals surface area contributed by atoms with Crippen LogP contribution < -0.4 is 10.6 Å². The molecule has 0 aliphatic carbocycles. The van der Waals surface area contributed by atoms with Gasteiger partial charge in [-0.25, -0.2) is 14.2 Å². The predicted octanol–water partition coefficient (Wildman–Crippen LogP) is 5.85. The van der Waals surface area contributed by atoms with Crippen molar-refractivity contribution in [3.63, 3.8) is 0 Å². The minimum Gasteiger partial charge on any atom is -0.333 e. The average molecular weight is 448 g/mol. The maximum absolute atomic E-state index is 13.1. The lowest BCUT2D eigenvalue weighted by Crippen LogP contribution is -2.28. The summed E-state index contributed by atoms with van der Waals surface area (Å²) in [6.07, 6.45) is -2.65. The van der Waals surface area contributed by atoms with E-state index in [2.05, 4.69) is 15.6 Å². The number of benzene rings is 2. The predicted molar refractivity (Wildman–Crippen MR) is 111 cm³/mol. The van der Waals surface area contributed by atoms with Gasteiger partial charge in [0, 0.05) is 28.0 Å². The molecule has 10 heteroatoms. The van der Waals surface area contributed by atoms with E-state index in [0.717, 1.165) is 28.3 Å². The summed E-state index contributed by atoms with van der Waals surface area (Å²) in [4.78, 5) is 18.2. The number of hydrogen-bond donors (Lipinski definition) is 2. The number of urea groups is 1. The first-order chi connectivity index (χ1) is 14.7. The Labute approximate surface area is 178 Å². The van der Waals surface area contributed by atoms with Crippen molar-refractivity contribution in [1.29, 1.82) is 0 Å². The lowest BCUT2D eigenvalue weighted by molar-refractivity contribution is -0.137. The van der Waals surface area contributed by atoms with E-state index in [-0.39, 0.29) is 18.0 Å². The molecule has 0 unspecified atom stereocenters. The first-order valence-electron chi connectivity index (χ1n) is 9.16. The number of thiazole rings is 1. The molecule has 0 atom stereocenters. The second-order valence-corrected chi connectivity index (χ2v) is 7.84. The molecule has 31 heavy (non-hydrogen) atoms. The van der Waals surface area contributed by atoms with Gasteiger partial charge in [-0.3, -0.25) is 4.40 Å². The number of hydrogen-bond acceptors (Lipinski definition) is 3. The van der Waals surface area contributed by atoms with Crippen molar-refractivity contribution in [3.05, 3.63) is 76.7 Å². The fraction of sp³-hybridized carbons (Fsp3) is 0.143. The molecule has 0 bridgehead atoms. The monoisotopic (exact) mass is 448 g/mol. The molecule has 0 fully saturated rings. The van der Waals surface area contributed by atoms with Crippen LogP contribution in [0.1, 0.15) is 16.1 Å². The topological polar surface area (TPSA) is 58.4 Å². The molecule has 2 aromatic carbocycles. The van der Waals surface area contributed by atoms with E-state index in [9.17, 15) is 22.4 Å². The number of rotatable bonds is 4. The van der Waals surface area contributed by atoms with E-state index in [1.54, 1.807) is 12.1 Å². The van der Waals surface area contributed by atoms with E-state index in [1.165, 1.54) is 35.6 Å². The Hall–Kier alpha value is -3.40. The van der Waals surface area contributed by atoms with Gasteiger partial charge in [0.25, 0.3) is 0 Å². The Morgan fingerprint density at radius 2 is 1.90 bits per heavy atom. The standard InChI is InChI=1S/C21H16F4N4OS/c1-12-18(10-26-19(30)27-16-4-2-3-14(9-16)21(23,24)25)31-20-28-17(11-29(12)20)13-5-7-15(22)8-6-13/h2-9,11H,10H2,1H3,(H2,26,27,30). The third-order valence-corrected chi connectivity index (χ3v) is 5.81. The van der Waals surface area contributed by atoms with Gasteiger partial charge in [-0.15, -0.1) is 0 Å². The number of nitrogens with zero attached hydrogens (tertiary/aromatic N) is 2. The average Bonchev–Trinajstić information content (AvgIpc) is 3.26. The molecule has 5 nitrogen and oxygen atoms in total. The summed E-state index contributed by atoms with van der Waals surface area (Å²) >= 11 is 1.38. The molecule has 0 spiro atoms. The third kappa shape index (κ3) is 4.53. The Balaban J connectivity index is 1.43. The maximum atomic E-state index is 13.1. The Morgan fingerprint density at radius 1 is 1.16 bits per heavy atom. The van der Waals surface area contributed by atoms with Crippen LogP contribution >= 0.6 is 11.3 Å². The van der Waals surface area contributed by atoms with Gasteiger partial charge in [0.1, 0.15) is 5.82 Å². The molecule has 0 aliphatic rings. The van der Waals surface area contributed by atoms with Crippen molar-refractivity contribution < 1.29 is 22.4 Å². The molecule has 0 radical (unpaired) electrons. The largest absolute Gasteiger partial charge is 0.416 e. The van der Waals surface area contributed by atoms with E-state index in [1.807, 2.05) is 17.5 Å². The highest BCUT2D eigenvalue weighted by atomic mass is 32.1. The van der Waals surface area contributed by atoms with Crippen LogP contribution in [0.15, 0.2) is 54.7 Å². The quantitative estimate of drug-likeness (QED) is 0.385. The van der Waals surface area contributed by atoms with Gasteiger partial charge < -0.3 is 10.6 Å². The lowest BCUT2D eigenvalue weighted by atomic mass is 10.2. The van der Waals surface area contributed by atoms with Crippen LogP contribution in [-0.2, 0) is 12.7 Å². The second kappa shape index (κ2) is 8.03. The summed E-state index contributed by atoms with van der Waals surface area (Å²) < 4.78 is 53.4. The number of aromatic nitrogens is 2. The Bertz CT molecular complexity index is 1240. The van der Waals surface area contributed by atoms with Crippen LogP contribution in [0, 0.1) is 12.7 Å². The van der Waals surface area contributed by atoms with Crippen LogP contribution in [0.5, 0.6) is 0 Å². The number of fused-ring (bicyclic) bond motifs is 1. The Morgan fingerprint density at radius 3 is 2.58 bits per heavy atom. The number of amides is 2. The summed E-state index contributed by atoms with van der Waals surface area (Å²) in [6, 6.07) is 9.86. The number of carbonyl (C=O) groups is 1. The fourth-order valence-electron chi connectivity index (χ4n) is 3.03. The van der Waals surface area contributed by atoms with Gasteiger partial charge in [0.05, 0.1) is 17.8 Å². The van der Waals surface area contributed by atoms with Crippen LogP contribution in [0.2, 0.25) is 0 Å². The summed E-state index contributed by atoms with van der Waals surface area (Å²) in [7, 11) is 0. The number of anilines is 1. The number of carbonyl (C=O) groups excluding carboxylic acids is 1. The summed E-state index contributed by atoms with van der Waals surface area (Å²) in [6.45, 7) is 2.07. The number of halogens is 4. The van der Waals surface area contributed by atoms with E-state index >= 15 is 0 Å². The van der Waals surface area contributed by atoms with Gasteiger partial charge in [-0.1, -0.05) is 17.4 Å². The normalized spacial score (nSPS) is 11.6. The SMILES string of the molecule is Cc1c(CNC(=O)Nc2cccc(C(F)(F)F)c2)sc2nc(-c3ccc(F)cc3)cn12. The zero-order valence-corrected chi connectivity index (χ0v) is 16.9. The van der Waals surface area contributed by atoms with Crippen LogP contribution in [0.3, 0.4) is 0 Å². The highest BCUT2D eigenvalue weighted by molar-refractivity contribution is 7.17. The molecule has 2 aromatic heterocycles. The van der Waals surface area contributed by atoms with Crippen LogP contribution in [0.25, 0.3) is 16.2 Å². The van der Waals surface area contributed by atoms with Crippen molar-refractivity contribution >= 4 is 28.0 Å². The number of aryl methyl sites for hydroxylation is 1. The number of imidazole rings is 1. The van der Waals surface area contributed by atoms with Crippen molar-refractivity contribution in [1.82, 2.24) is 14.7 Å². The smallest absolute Gasteiger partial charge is 0.333 e. The van der Waals surface area contributed by atoms with Crippen LogP contribution in [0.4, 0.5) is 28.0 Å². The first kappa shape index (κ1) is 20.9. The van der Waals surface area contributed by atoms with Gasteiger partial charge >= 0.3 is 12.2 Å². The van der Waals surface area contributed by atoms with Gasteiger partial charge in [-0.2, -0.15) is 13.2 Å². The summed E-state index contributed by atoms with van der Waals surface area (Å²) in [5.74, 6) is -0.322. The van der Waals surface area contributed by atoms with Gasteiger partial charge in [-0.05, 0) is 49.4 Å². The zero-order chi connectivity index (χ0) is 22.2. The van der Waals surface area contributed by atoms with Crippen molar-refractivity contribution in [2.24, 2.45) is 0 Å². The van der Waals surface area contributed by atoms with Crippen molar-refractivity contribution in [2.75, 3.05) is 5.32 Å². The maximum Gasteiger partial charge on any atom is 0.416 e. The highest BCUT2D eigenvalue weighted by Crippen LogP contribution is 2.31. The van der Waals surface area contributed by atoms with E-state index in [0.29, 0.717) is 10.7 Å². The summed E-state index contributed by atoms with van der Waals surface area (Å²) in [5, 5.41) is 5.05. The van der Waals surface area contributed by atoms with E-state index < -0.39 is 17.8 Å². The van der Waals surface area contributed by atoms with E-state index in [4.69, 9.17) is 0 Å². The molecule has 4 aromatic rings. The minimum absolute atomic E-state index is 0.0500. The molecule has 0 aliphatic heterocycles. The molecular weight excluding hydrogens is 432 g/mol. The van der Waals surface area contributed by atoms with Crippen molar-refractivity contribution in [3.8, 4) is 11.3 Å². The molecule has 0 saturated heterocycles. The fourth-order valence-corrected chi connectivity index (χ4v) is 4.07. The van der Waals surface area contributed by atoms with Crippen LogP contribution in [-0.4, -0.2) is 15.4 Å². The number of alkyl halides is 3. The second-order valence-electron chi connectivity index (χ2n) is 6.78. The molecule has 0 saturated carbocycles. The molecular formula is C21H16F4N4OS. The molecule has 160 valence electrons. The van der Waals surface area contributed by atoms with Gasteiger partial charge in [0.2, 0.25) is 0 Å².